The molecule has 112 valence electrons. The molecule has 0 bridgehead atoms. The van der Waals surface area contributed by atoms with E-state index in [1.807, 2.05) is 0 Å². The second-order valence-corrected chi connectivity index (χ2v) is 3.94. The number of carbonyl (C=O) groups excluding carboxylic acids is 3. The van der Waals surface area contributed by atoms with Crippen molar-refractivity contribution in [3.05, 3.63) is 5.53 Å². The van der Waals surface area contributed by atoms with Gasteiger partial charge < -0.3 is 20.3 Å². The molecule has 0 fully saturated rings. The van der Waals surface area contributed by atoms with Crippen LogP contribution in [-0.4, -0.2) is 54.5 Å². The van der Waals surface area contributed by atoms with Crippen molar-refractivity contribution in [2.75, 3.05) is 13.7 Å². The minimum absolute atomic E-state index is 0.0475. The Morgan fingerprint density at radius 3 is 2.55 bits per heavy atom. The van der Waals surface area contributed by atoms with Gasteiger partial charge in [-0.3, -0.25) is 9.59 Å². The number of amides is 1. The Labute approximate surface area is 117 Å². The minimum atomic E-state index is -0.948. The lowest BCUT2D eigenvalue weighted by atomic mass is 10.1. The maximum Gasteiger partial charge on any atom is 0.328 e. The summed E-state index contributed by atoms with van der Waals surface area (Å²) in [6, 6.07) is -0.948. The average Bonchev–Trinajstić information content (AvgIpc) is 2.42. The van der Waals surface area contributed by atoms with Crippen molar-refractivity contribution in [3.63, 3.8) is 0 Å². The van der Waals surface area contributed by atoms with E-state index in [2.05, 4.69) is 10.1 Å². The number of hydrogen-bond donors (Lipinski definition) is 1. The first-order chi connectivity index (χ1) is 9.46. The summed E-state index contributed by atoms with van der Waals surface area (Å²) in [5.74, 6) is -1.57. The lowest BCUT2D eigenvalue weighted by molar-refractivity contribution is -0.148. The van der Waals surface area contributed by atoms with Gasteiger partial charge >= 0.3 is 12.2 Å². The van der Waals surface area contributed by atoms with E-state index in [0.717, 1.165) is 6.21 Å². The van der Waals surface area contributed by atoms with E-state index in [4.69, 9.17) is 15.0 Å². The highest BCUT2D eigenvalue weighted by Crippen LogP contribution is 2.02. The van der Waals surface area contributed by atoms with Gasteiger partial charge in [0.15, 0.2) is 0 Å². The number of Topliss-reactive ketones (excluding diaryl/α,β-unsaturated/α-hetero) is 1. The van der Waals surface area contributed by atoms with E-state index in [0.29, 0.717) is 0 Å². The molecule has 0 aromatic carbocycles. The third-order valence-corrected chi connectivity index (χ3v) is 2.49. The van der Waals surface area contributed by atoms with Gasteiger partial charge in [-0.1, -0.05) is 0 Å². The molecule has 0 aromatic heterocycles. The molecule has 0 rings (SSSR count). The molecule has 0 radical (unpaired) electrons. The molecule has 8 heteroatoms. The number of carbonyl (C=O) groups is 3. The topological polar surface area (TPSA) is 118 Å². The van der Waals surface area contributed by atoms with Gasteiger partial charge in [0.2, 0.25) is 11.7 Å². The van der Waals surface area contributed by atoms with Gasteiger partial charge in [-0.15, -0.1) is 0 Å². The molecule has 0 aliphatic heterocycles. The van der Waals surface area contributed by atoms with E-state index >= 15 is 0 Å². The van der Waals surface area contributed by atoms with Gasteiger partial charge in [0.1, 0.15) is 12.1 Å². The summed E-state index contributed by atoms with van der Waals surface area (Å²) < 4.78 is 9.65. The van der Waals surface area contributed by atoms with Crippen LogP contribution in [-0.2, 0) is 23.9 Å². The van der Waals surface area contributed by atoms with E-state index in [9.17, 15) is 14.4 Å². The van der Waals surface area contributed by atoms with Gasteiger partial charge in [-0.25, -0.2) is 4.79 Å². The lowest BCUT2D eigenvalue weighted by Gasteiger charge is -2.18. The molecular formula is C12H19N3O5. The van der Waals surface area contributed by atoms with E-state index < -0.39 is 29.8 Å². The molecule has 0 unspecified atom stereocenters. The van der Waals surface area contributed by atoms with Crippen LogP contribution in [0.5, 0.6) is 0 Å². The van der Waals surface area contributed by atoms with Crippen molar-refractivity contribution in [2.45, 2.75) is 38.8 Å². The molecule has 1 N–H and O–H groups in total. The quantitative estimate of drug-likeness (QED) is 0.270. The Balaban J connectivity index is 4.64. The lowest BCUT2D eigenvalue weighted by Crippen LogP contribution is -2.46. The predicted octanol–water partition coefficient (Wildman–Crippen LogP) is -0.281. The first-order valence-electron chi connectivity index (χ1n) is 6.16. The van der Waals surface area contributed by atoms with Gasteiger partial charge in [0.05, 0.1) is 6.61 Å². The van der Waals surface area contributed by atoms with Crippen molar-refractivity contribution in [2.24, 2.45) is 0 Å². The average molecular weight is 285 g/mol. The van der Waals surface area contributed by atoms with Crippen LogP contribution in [0.4, 0.5) is 0 Å². The third-order valence-electron chi connectivity index (χ3n) is 2.49. The molecule has 0 heterocycles. The van der Waals surface area contributed by atoms with Crippen LogP contribution < -0.4 is 5.32 Å². The van der Waals surface area contributed by atoms with Crippen LogP contribution in [0.15, 0.2) is 0 Å². The van der Waals surface area contributed by atoms with Crippen molar-refractivity contribution >= 4 is 23.9 Å². The second-order valence-electron chi connectivity index (χ2n) is 3.94. The zero-order valence-electron chi connectivity index (χ0n) is 11.8. The minimum Gasteiger partial charge on any atom is -0.464 e. The Bertz CT molecular complexity index is 404. The molecule has 0 spiro atoms. The van der Waals surface area contributed by atoms with Crippen LogP contribution in [0.2, 0.25) is 0 Å². The SMILES string of the molecule is CCOC(=O)[C@H](CCC(=O)C=[N+]=[N-])NC(=O)[C@H](C)OC. The van der Waals surface area contributed by atoms with Crippen LogP contribution >= 0.6 is 0 Å². The fourth-order valence-corrected chi connectivity index (χ4v) is 1.30. The van der Waals surface area contributed by atoms with Crippen molar-refractivity contribution < 1.29 is 28.6 Å². The summed E-state index contributed by atoms with van der Waals surface area (Å²) >= 11 is 0. The first-order valence-corrected chi connectivity index (χ1v) is 6.16. The summed E-state index contributed by atoms with van der Waals surface area (Å²) in [5, 5.41) is 2.45. The highest BCUT2D eigenvalue weighted by atomic mass is 16.5. The maximum atomic E-state index is 11.7. The Morgan fingerprint density at radius 1 is 1.40 bits per heavy atom. The first kappa shape index (κ1) is 17.9. The summed E-state index contributed by atoms with van der Waals surface area (Å²) in [6.45, 7) is 3.33. The molecule has 20 heavy (non-hydrogen) atoms. The summed E-state index contributed by atoms with van der Waals surface area (Å²) in [4.78, 5) is 37.2. The van der Waals surface area contributed by atoms with Crippen LogP contribution in [0.25, 0.3) is 5.53 Å². The van der Waals surface area contributed by atoms with Crippen molar-refractivity contribution in [1.29, 1.82) is 0 Å². The van der Waals surface area contributed by atoms with E-state index in [1.54, 1.807) is 6.92 Å². The zero-order chi connectivity index (χ0) is 15.5. The molecule has 2 atom stereocenters. The number of nitrogens with one attached hydrogen (secondary N) is 1. The van der Waals surface area contributed by atoms with Crippen molar-refractivity contribution in [3.8, 4) is 0 Å². The number of ketones is 1. The van der Waals surface area contributed by atoms with Gasteiger partial charge in [-0.05, 0) is 20.3 Å². The molecule has 0 aliphatic rings. The highest BCUT2D eigenvalue weighted by molar-refractivity contribution is 6.25. The number of hydrogen-bond acceptors (Lipinski definition) is 5. The molecule has 0 aliphatic carbocycles. The molecule has 0 saturated heterocycles. The predicted molar refractivity (Wildman–Crippen MR) is 69.0 cm³/mol. The normalized spacial score (nSPS) is 12.8. The number of ether oxygens (including phenoxy) is 2. The maximum absolute atomic E-state index is 11.7. The third kappa shape index (κ3) is 6.77. The van der Waals surface area contributed by atoms with Gasteiger partial charge in [0, 0.05) is 13.5 Å². The van der Waals surface area contributed by atoms with Gasteiger partial charge in [0.25, 0.3) is 0 Å². The molecular weight excluding hydrogens is 266 g/mol. The number of nitrogens with zero attached hydrogens (tertiary/aromatic N) is 2. The molecule has 1 amide bonds. The second kappa shape index (κ2) is 9.82. The number of esters is 1. The fraction of sp³-hybridized carbons (Fsp3) is 0.667. The van der Waals surface area contributed by atoms with Crippen LogP contribution in [0.1, 0.15) is 26.7 Å². The molecule has 0 saturated carbocycles. The fourth-order valence-electron chi connectivity index (χ4n) is 1.30. The summed E-state index contributed by atoms with van der Waals surface area (Å²) in [6.07, 6.45) is 0.00435. The summed E-state index contributed by atoms with van der Waals surface area (Å²) in [7, 11) is 1.37. The van der Waals surface area contributed by atoms with Crippen molar-refractivity contribution in [1.82, 2.24) is 5.32 Å². The monoisotopic (exact) mass is 285 g/mol. The Morgan fingerprint density at radius 2 is 2.05 bits per heavy atom. The van der Waals surface area contributed by atoms with E-state index in [1.165, 1.54) is 14.0 Å². The number of rotatable bonds is 9. The smallest absolute Gasteiger partial charge is 0.328 e. The van der Waals surface area contributed by atoms with Crippen LogP contribution in [0, 0.1) is 0 Å². The standard InChI is InChI=1S/C12H19N3O5/c1-4-20-12(18)10(6-5-9(16)7-14-13)15-11(17)8(2)19-3/h7-8,10H,4-6H2,1-3H3,(H,15,17)/t8-,10-/m0/s1. The van der Waals surface area contributed by atoms with E-state index in [-0.39, 0.29) is 19.4 Å². The van der Waals surface area contributed by atoms with Gasteiger partial charge in [-0.2, -0.15) is 4.79 Å². The van der Waals surface area contributed by atoms with Crippen LogP contribution in [0.3, 0.4) is 0 Å². The summed E-state index contributed by atoms with van der Waals surface area (Å²) in [5.41, 5.74) is 8.22. The molecule has 0 aromatic rings. The number of methoxy groups -OCH3 is 1. The highest BCUT2D eigenvalue weighted by Gasteiger charge is 2.25. The molecule has 8 nitrogen and oxygen atoms in total. The Hall–Kier alpha value is -2.05. The largest absolute Gasteiger partial charge is 0.464 e. The Kier molecular flexibility index (Phi) is 8.82. The zero-order valence-corrected chi connectivity index (χ0v) is 11.8.